The van der Waals surface area contributed by atoms with E-state index < -0.39 is 11.7 Å². The van der Waals surface area contributed by atoms with Crippen LogP contribution in [0.1, 0.15) is 5.56 Å². The smallest absolute Gasteiger partial charge is 0.416 e. The second-order valence-corrected chi connectivity index (χ2v) is 7.36. The van der Waals surface area contributed by atoms with Gasteiger partial charge < -0.3 is 10.4 Å². The van der Waals surface area contributed by atoms with Gasteiger partial charge in [0.15, 0.2) is 0 Å². The number of thiophene rings is 1. The monoisotopic (exact) mass is 399 g/mol. The van der Waals surface area contributed by atoms with Gasteiger partial charge in [0.25, 0.3) is 0 Å². The van der Waals surface area contributed by atoms with E-state index in [-0.39, 0.29) is 5.75 Å². The summed E-state index contributed by atoms with van der Waals surface area (Å²) >= 11 is 1.32. The highest BCUT2D eigenvalue weighted by atomic mass is 32.1. The second kappa shape index (κ2) is 6.87. The van der Waals surface area contributed by atoms with Crippen LogP contribution in [-0.4, -0.2) is 12.2 Å². The standard InChI is InChI=1S/C22H16F3NOS/c1-26-21-18(14-8-4-9-15(12-14)22(23,24)25)19(27)20(28-21)17-11-5-7-13-6-2-3-10-16(13)17/h2-12,26-27H,1H3. The molecule has 0 saturated carbocycles. The van der Waals surface area contributed by atoms with E-state index in [2.05, 4.69) is 5.32 Å². The summed E-state index contributed by atoms with van der Waals surface area (Å²) in [6, 6.07) is 18.6. The van der Waals surface area contributed by atoms with Crippen LogP contribution in [0, 0.1) is 0 Å². The van der Waals surface area contributed by atoms with E-state index in [0.717, 1.165) is 28.5 Å². The molecule has 0 atom stereocenters. The van der Waals surface area contributed by atoms with Gasteiger partial charge in [0.05, 0.1) is 16.0 Å². The molecule has 4 aromatic rings. The first kappa shape index (κ1) is 18.4. The predicted octanol–water partition coefficient (Wildman–Crippen LogP) is 7.00. The van der Waals surface area contributed by atoms with Crippen LogP contribution >= 0.6 is 11.3 Å². The Balaban J connectivity index is 1.94. The van der Waals surface area contributed by atoms with Crippen LogP contribution in [0.15, 0.2) is 66.7 Å². The molecule has 3 aromatic carbocycles. The molecular formula is C22H16F3NOS. The number of benzene rings is 3. The maximum atomic E-state index is 13.1. The second-order valence-electron chi connectivity index (χ2n) is 6.34. The number of fused-ring (bicyclic) bond motifs is 1. The van der Waals surface area contributed by atoms with E-state index in [1.54, 1.807) is 13.1 Å². The zero-order chi connectivity index (χ0) is 19.9. The van der Waals surface area contributed by atoms with E-state index in [9.17, 15) is 18.3 Å². The van der Waals surface area contributed by atoms with Crippen LogP contribution in [0.4, 0.5) is 18.2 Å². The Morgan fingerprint density at radius 2 is 1.64 bits per heavy atom. The summed E-state index contributed by atoms with van der Waals surface area (Å²) in [6.45, 7) is 0. The van der Waals surface area contributed by atoms with Crippen LogP contribution in [0.3, 0.4) is 0 Å². The van der Waals surface area contributed by atoms with Gasteiger partial charge in [0.2, 0.25) is 0 Å². The molecule has 4 rings (SSSR count). The van der Waals surface area contributed by atoms with Crippen LogP contribution in [-0.2, 0) is 6.18 Å². The first-order chi connectivity index (χ1) is 13.4. The molecule has 6 heteroatoms. The Labute approximate surface area is 163 Å². The number of alkyl halides is 3. The zero-order valence-electron chi connectivity index (χ0n) is 14.8. The molecule has 2 N–H and O–H groups in total. The zero-order valence-corrected chi connectivity index (χ0v) is 15.7. The number of nitrogens with one attached hydrogen (secondary N) is 1. The summed E-state index contributed by atoms with van der Waals surface area (Å²) in [5.74, 6) is -0.0231. The van der Waals surface area contributed by atoms with Gasteiger partial charge in [-0.05, 0) is 28.5 Å². The number of aromatic hydroxyl groups is 1. The van der Waals surface area contributed by atoms with E-state index in [1.165, 1.54) is 17.4 Å². The van der Waals surface area contributed by atoms with Crippen LogP contribution in [0.2, 0.25) is 0 Å². The van der Waals surface area contributed by atoms with Gasteiger partial charge >= 0.3 is 6.18 Å². The molecule has 0 aliphatic heterocycles. The molecule has 0 amide bonds. The molecular weight excluding hydrogens is 383 g/mol. The third-order valence-corrected chi connectivity index (χ3v) is 5.85. The molecule has 1 heterocycles. The number of anilines is 1. The maximum Gasteiger partial charge on any atom is 0.416 e. The lowest BCUT2D eigenvalue weighted by Gasteiger charge is -2.10. The van der Waals surface area contributed by atoms with Crippen molar-refractivity contribution in [2.24, 2.45) is 0 Å². The van der Waals surface area contributed by atoms with Crippen molar-refractivity contribution in [1.29, 1.82) is 0 Å². The molecule has 0 unspecified atom stereocenters. The minimum absolute atomic E-state index is 0.0231. The van der Waals surface area contributed by atoms with Crippen molar-refractivity contribution in [2.45, 2.75) is 6.18 Å². The average molecular weight is 399 g/mol. The van der Waals surface area contributed by atoms with Crippen molar-refractivity contribution in [3.8, 4) is 27.3 Å². The van der Waals surface area contributed by atoms with Gasteiger partial charge in [-0.15, -0.1) is 11.3 Å². The van der Waals surface area contributed by atoms with Gasteiger partial charge in [0, 0.05) is 12.6 Å². The Kier molecular flexibility index (Phi) is 4.51. The first-order valence-corrected chi connectivity index (χ1v) is 9.41. The van der Waals surface area contributed by atoms with E-state index in [1.807, 2.05) is 42.5 Å². The molecule has 1 aromatic heterocycles. The third kappa shape index (κ3) is 3.10. The molecule has 0 fully saturated rings. The van der Waals surface area contributed by atoms with Crippen molar-refractivity contribution >= 4 is 27.1 Å². The van der Waals surface area contributed by atoms with Gasteiger partial charge in [-0.3, -0.25) is 0 Å². The lowest BCUT2D eigenvalue weighted by Crippen LogP contribution is -2.04. The summed E-state index contributed by atoms with van der Waals surface area (Å²) in [7, 11) is 1.69. The van der Waals surface area contributed by atoms with Gasteiger partial charge in [-0.25, -0.2) is 0 Å². The summed E-state index contributed by atoms with van der Waals surface area (Å²) in [5, 5.41) is 16.6. The van der Waals surface area contributed by atoms with Gasteiger partial charge in [-0.1, -0.05) is 54.6 Å². The highest BCUT2D eigenvalue weighted by Crippen LogP contribution is 2.51. The Morgan fingerprint density at radius 3 is 2.39 bits per heavy atom. The van der Waals surface area contributed by atoms with Crippen LogP contribution < -0.4 is 5.32 Å². The highest BCUT2D eigenvalue weighted by Gasteiger charge is 2.31. The lowest BCUT2D eigenvalue weighted by atomic mass is 10.00. The number of hydrogen-bond donors (Lipinski definition) is 2. The normalized spacial score (nSPS) is 11.7. The molecule has 0 aliphatic carbocycles. The minimum atomic E-state index is -4.44. The number of rotatable bonds is 3. The molecule has 0 radical (unpaired) electrons. The molecule has 0 bridgehead atoms. The van der Waals surface area contributed by atoms with E-state index in [0.29, 0.717) is 21.0 Å². The van der Waals surface area contributed by atoms with E-state index in [4.69, 9.17) is 0 Å². The first-order valence-electron chi connectivity index (χ1n) is 8.59. The van der Waals surface area contributed by atoms with Gasteiger partial charge in [0.1, 0.15) is 10.8 Å². The fraction of sp³-hybridized carbons (Fsp3) is 0.0909. The fourth-order valence-corrected chi connectivity index (χ4v) is 4.43. The Hall–Kier alpha value is -2.99. The number of hydrogen-bond acceptors (Lipinski definition) is 3. The van der Waals surface area contributed by atoms with Crippen LogP contribution in [0.5, 0.6) is 5.75 Å². The fourth-order valence-electron chi connectivity index (χ4n) is 3.32. The summed E-state index contributed by atoms with van der Waals surface area (Å²) in [4.78, 5) is 0.619. The van der Waals surface area contributed by atoms with Crippen molar-refractivity contribution in [3.05, 3.63) is 72.3 Å². The van der Waals surface area contributed by atoms with Crippen molar-refractivity contribution in [1.82, 2.24) is 0 Å². The molecule has 0 saturated heterocycles. The summed E-state index contributed by atoms with van der Waals surface area (Å²) < 4.78 is 39.4. The Bertz CT molecular complexity index is 1160. The van der Waals surface area contributed by atoms with Crippen molar-refractivity contribution in [3.63, 3.8) is 0 Å². The molecule has 0 spiro atoms. The van der Waals surface area contributed by atoms with Crippen molar-refractivity contribution in [2.75, 3.05) is 12.4 Å². The van der Waals surface area contributed by atoms with Crippen LogP contribution in [0.25, 0.3) is 32.3 Å². The molecule has 28 heavy (non-hydrogen) atoms. The summed E-state index contributed by atoms with van der Waals surface area (Å²) in [5.41, 5.74) is 0.792. The summed E-state index contributed by atoms with van der Waals surface area (Å²) in [6.07, 6.45) is -4.44. The van der Waals surface area contributed by atoms with Crippen molar-refractivity contribution < 1.29 is 18.3 Å². The lowest BCUT2D eigenvalue weighted by molar-refractivity contribution is -0.137. The SMILES string of the molecule is CNc1sc(-c2cccc3ccccc23)c(O)c1-c1cccc(C(F)(F)F)c1. The highest BCUT2D eigenvalue weighted by molar-refractivity contribution is 7.20. The maximum absolute atomic E-state index is 13.1. The van der Waals surface area contributed by atoms with Gasteiger partial charge in [-0.2, -0.15) is 13.2 Å². The molecule has 2 nitrogen and oxygen atoms in total. The molecule has 142 valence electrons. The Morgan fingerprint density at radius 1 is 0.929 bits per heavy atom. The molecule has 0 aliphatic rings. The van der Waals surface area contributed by atoms with E-state index >= 15 is 0 Å². The topological polar surface area (TPSA) is 32.3 Å². The quantitative estimate of drug-likeness (QED) is 0.389. The number of halogens is 3. The average Bonchev–Trinajstić information content (AvgIpc) is 3.03. The predicted molar refractivity (Wildman–Crippen MR) is 109 cm³/mol. The minimum Gasteiger partial charge on any atom is -0.506 e. The largest absolute Gasteiger partial charge is 0.506 e. The third-order valence-electron chi connectivity index (χ3n) is 4.62.